The number of piperidine rings is 1. The molecule has 1 aliphatic heterocycles. The molecule has 1 aliphatic rings. The molecule has 8 nitrogen and oxygen atoms in total. The maximum atomic E-state index is 13.2. The number of β-amino-alcohol motifs (C(OH)–C–C–N with tert-alkyl or cyclic N) is 1. The lowest BCUT2D eigenvalue weighted by molar-refractivity contribution is -0.137. The normalized spacial score (nSPS) is 18.3. The fraction of sp³-hybridized carbons (Fsp3) is 0.421. The standard InChI is InChI=1S/C15H16F3N3O.2C2H4O2/c16-15(17,18)11-4-2-1-3-10(11)14-20-7-8-21(14)12-5-6-19-9-13(12)22;2*1-2(3)4/h1-4,7-8,12-13,19,22H,5-6,9H2;2*1H3,(H,3,4)/t12-,13-;;/m0../s1. The summed E-state index contributed by atoms with van der Waals surface area (Å²) in [6, 6.07) is 5.10. The van der Waals surface area contributed by atoms with Gasteiger partial charge in [-0.3, -0.25) is 9.59 Å². The van der Waals surface area contributed by atoms with Crippen LogP contribution in [0.4, 0.5) is 13.2 Å². The number of nitrogens with zero attached hydrogens (tertiary/aromatic N) is 2. The maximum absolute atomic E-state index is 13.2. The third-order valence-electron chi connectivity index (χ3n) is 3.91. The number of rotatable bonds is 2. The van der Waals surface area contributed by atoms with Gasteiger partial charge in [0, 0.05) is 38.3 Å². The number of halogens is 3. The van der Waals surface area contributed by atoms with E-state index in [0.29, 0.717) is 19.5 Å². The summed E-state index contributed by atoms with van der Waals surface area (Å²) in [4.78, 5) is 22.1. The van der Waals surface area contributed by atoms with E-state index in [1.165, 1.54) is 18.3 Å². The number of aliphatic hydroxyl groups is 1. The second-order valence-corrected chi connectivity index (χ2v) is 6.37. The summed E-state index contributed by atoms with van der Waals surface area (Å²) < 4.78 is 41.2. The maximum Gasteiger partial charge on any atom is 0.417 e. The second-order valence-electron chi connectivity index (χ2n) is 6.37. The fourth-order valence-electron chi connectivity index (χ4n) is 2.87. The number of nitrogens with one attached hydrogen (secondary N) is 1. The Kier molecular flexibility index (Phi) is 9.47. The molecule has 0 saturated carbocycles. The second kappa shape index (κ2) is 11.3. The molecule has 2 heterocycles. The molecule has 2 aromatic rings. The number of aliphatic carboxylic acids is 2. The Hall–Kier alpha value is -2.92. The highest BCUT2D eigenvalue weighted by atomic mass is 19.4. The van der Waals surface area contributed by atoms with Gasteiger partial charge in [0.2, 0.25) is 0 Å². The van der Waals surface area contributed by atoms with Gasteiger partial charge in [-0.2, -0.15) is 13.2 Å². The van der Waals surface area contributed by atoms with Crippen LogP contribution in [0.2, 0.25) is 0 Å². The minimum atomic E-state index is -4.44. The van der Waals surface area contributed by atoms with E-state index >= 15 is 0 Å². The van der Waals surface area contributed by atoms with E-state index in [1.54, 1.807) is 16.8 Å². The number of carboxylic acids is 2. The van der Waals surface area contributed by atoms with Crippen LogP contribution in [0.15, 0.2) is 36.7 Å². The molecule has 4 N–H and O–H groups in total. The fourth-order valence-corrected chi connectivity index (χ4v) is 2.87. The number of aromatic nitrogens is 2. The number of imidazole rings is 1. The van der Waals surface area contributed by atoms with Crippen molar-refractivity contribution < 1.29 is 38.1 Å². The monoisotopic (exact) mass is 431 g/mol. The van der Waals surface area contributed by atoms with Crippen molar-refractivity contribution in [1.82, 2.24) is 14.9 Å². The Balaban J connectivity index is 0.000000485. The summed E-state index contributed by atoms with van der Waals surface area (Å²) in [5, 5.41) is 28.0. The molecule has 0 bridgehead atoms. The minimum Gasteiger partial charge on any atom is -0.481 e. The van der Waals surface area contributed by atoms with Crippen LogP contribution in [0.1, 0.15) is 31.9 Å². The van der Waals surface area contributed by atoms with Crippen LogP contribution >= 0.6 is 0 Å². The zero-order chi connectivity index (χ0) is 22.9. The van der Waals surface area contributed by atoms with Gasteiger partial charge in [0.25, 0.3) is 11.9 Å². The van der Waals surface area contributed by atoms with Crippen LogP contribution < -0.4 is 5.32 Å². The molecule has 0 unspecified atom stereocenters. The summed E-state index contributed by atoms with van der Waals surface area (Å²) in [5.74, 6) is -1.43. The van der Waals surface area contributed by atoms with Crippen LogP contribution in [0.3, 0.4) is 0 Å². The molecular weight excluding hydrogens is 407 g/mol. The summed E-state index contributed by atoms with van der Waals surface area (Å²) in [5.41, 5.74) is -0.684. The Bertz CT molecular complexity index is 819. The van der Waals surface area contributed by atoms with Gasteiger partial charge < -0.3 is 25.2 Å². The molecule has 30 heavy (non-hydrogen) atoms. The molecule has 2 atom stereocenters. The van der Waals surface area contributed by atoms with Crippen molar-refractivity contribution in [2.75, 3.05) is 13.1 Å². The van der Waals surface area contributed by atoms with Crippen molar-refractivity contribution in [3.05, 3.63) is 42.2 Å². The minimum absolute atomic E-state index is 0.0331. The summed E-state index contributed by atoms with van der Waals surface area (Å²) in [6.07, 6.45) is -1.36. The van der Waals surface area contributed by atoms with Gasteiger partial charge in [-0.25, -0.2) is 4.98 Å². The van der Waals surface area contributed by atoms with Gasteiger partial charge in [-0.05, 0) is 19.0 Å². The summed E-state index contributed by atoms with van der Waals surface area (Å²) in [7, 11) is 0. The number of carboxylic acid groups (broad SMARTS) is 2. The average Bonchev–Trinajstić information content (AvgIpc) is 3.10. The van der Waals surface area contributed by atoms with Crippen molar-refractivity contribution in [3.63, 3.8) is 0 Å². The van der Waals surface area contributed by atoms with Crippen LogP contribution in [0.25, 0.3) is 11.4 Å². The number of aliphatic hydroxyl groups excluding tert-OH is 1. The molecule has 1 saturated heterocycles. The predicted molar refractivity (Wildman–Crippen MR) is 102 cm³/mol. The van der Waals surface area contributed by atoms with Crippen LogP contribution in [-0.4, -0.2) is 56.0 Å². The molecule has 1 fully saturated rings. The molecule has 0 amide bonds. The Morgan fingerprint density at radius 2 is 1.73 bits per heavy atom. The molecule has 0 aliphatic carbocycles. The van der Waals surface area contributed by atoms with Crippen molar-refractivity contribution in [1.29, 1.82) is 0 Å². The summed E-state index contributed by atoms with van der Waals surface area (Å²) >= 11 is 0. The van der Waals surface area contributed by atoms with E-state index in [4.69, 9.17) is 19.8 Å². The quantitative estimate of drug-likeness (QED) is 0.576. The number of carbonyl (C=O) groups is 2. The van der Waals surface area contributed by atoms with Gasteiger partial charge >= 0.3 is 6.18 Å². The molecule has 0 radical (unpaired) electrons. The molecular formula is C19H24F3N3O5. The Morgan fingerprint density at radius 3 is 2.27 bits per heavy atom. The molecule has 0 spiro atoms. The van der Waals surface area contributed by atoms with E-state index < -0.39 is 29.8 Å². The molecule has 166 valence electrons. The first-order valence-corrected chi connectivity index (χ1v) is 8.92. The zero-order valence-electron chi connectivity index (χ0n) is 16.4. The lowest BCUT2D eigenvalue weighted by atomic mass is 10.0. The SMILES string of the molecule is CC(=O)O.CC(=O)O.O[C@H]1CNCC[C@@H]1n1ccnc1-c1ccccc1C(F)(F)F. The van der Waals surface area contributed by atoms with Gasteiger partial charge in [0.05, 0.1) is 17.7 Å². The van der Waals surface area contributed by atoms with E-state index in [9.17, 15) is 18.3 Å². The molecule has 3 rings (SSSR count). The highest BCUT2D eigenvalue weighted by Crippen LogP contribution is 2.37. The van der Waals surface area contributed by atoms with Gasteiger partial charge in [0.1, 0.15) is 5.82 Å². The molecule has 1 aromatic carbocycles. The van der Waals surface area contributed by atoms with Gasteiger partial charge in [-0.15, -0.1) is 0 Å². The predicted octanol–water partition coefficient (Wildman–Crippen LogP) is 2.65. The first-order chi connectivity index (χ1) is 13.9. The summed E-state index contributed by atoms with van der Waals surface area (Å²) in [6.45, 7) is 3.30. The van der Waals surface area contributed by atoms with Crippen molar-refractivity contribution in [2.24, 2.45) is 0 Å². The largest absolute Gasteiger partial charge is 0.481 e. The lowest BCUT2D eigenvalue weighted by Gasteiger charge is -2.30. The molecule has 1 aromatic heterocycles. The van der Waals surface area contributed by atoms with Crippen LogP contribution in [-0.2, 0) is 15.8 Å². The number of hydrogen-bond donors (Lipinski definition) is 4. The van der Waals surface area contributed by atoms with Crippen LogP contribution in [0, 0.1) is 0 Å². The van der Waals surface area contributed by atoms with Crippen molar-refractivity contribution in [3.8, 4) is 11.4 Å². The first kappa shape index (κ1) is 25.1. The lowest BCUT2D eigenvalue weighted by Crippen LogP contribution is -2.41. The van der Waals surface area contributed by atoms with Gasteiger partial charge in [0.15, 0.2) is 0 Å². The molecule has 11 heteroatoms. The topological polar surface area (TPSA) is 125 Å². The van der Waals surface area contributed by atoms with E-state index in [2.05, 4.69) is 10.3 Å². The van der Waals surface area contributed by atoms with E-state index in [-0.39, 0.29) is 17.4 Å². The number of benzene rings is 1. The first-order valence-electron chi connectivity index (χ1n) is 8.92. The van der Waals surface area contributed by atoms with Crippen molar-refractivity contribution in [2.45, 2.75) is 38.6 Å². The van der Waals surface area contributed by atoms with Crippen molar-refractivity contribution >= 4 is 11.9 Å². The Labute approximate surface area is 171 Å². The average molecular weight is 431 g/mol. The Morgan fingerprint density at radius 1 is 1.17 bits per heavy atom. The van der Waals surface area contributed by atoms with E-state index in [0.717, 1.165) is 19.9 Å². The highest BCUT2D eigenvalue weighted by Gasteiger charge is 2.35. The van der Waals surface area contributed by atoms with E-state index in [1.807, 2.05) is 0 Å². The highest BCUT2D eigenvalue weighted by molar-refractivity contribution is 5.63. The zero-order valence-corrected chi connectivity index (χ0v) is 16.4. The third kappa shape index (κ3) is 7.84. The van der Waals surface area contributed by atoms with Gasteiger partial charge in [-0.1, -0.05) is 18.2 Å². The van der Waals surface area contributed by atoms with Crippen LogP contribution in [0.5, 0.6) is 0 Å². The third-order valence-corrected chi connectivity index (χ3v) is 3.91. The number of alkyl halides is 3. The smallest absolute Gasteiger partial charge is 0.417 e. The number of hydrogen-bond acceptors (Lipinski definition) is 5.